The van der Waals surface area contributed by atoms with E-state index in [2.05, 4.69) is 15.0 Å². The second-order valence-electron chi connectivity index (χ2n) is 4.28. The zero-order valence-electron chi connectivity index (χ0n) is 8.98. The Hall–Kier alpha value is -0.120. The fraction of sp³-hybridized carbons (Fsp3) is 0.667. The van der Waals surface area contributed by atoms with Gasteiger partial charge in [0.2, 0.25) is 3.79 Å². The molecule has 3 nitrogen and oxygen atoms in total. The van der Waals surface area contributed by atoms with Gasteiger partial charge in [-0.25, -0.2) is 15.0 Å². The molecular weight excluding hydrogens is 256 g/mol. The Morgan fingerprint density at radius 2 is 1.33 bits per heavy atom. The molecule has 1 aromatic rings. The second kappa shape index (κ2) is 4.04. The van der Waals surface area contributed by atoms with Gasteiger partial charge in [-0.05, 0) is 6.92 Å². The van der Waals surface area contributed by atoms with Gasteiger partial charge in [-0.1, -0.05) is 55.6 Å². The van der Waals surface area contributed by atoms with Gasteiger partial charge in [0.25, 0.3) is 0 Å². The molecule has 0 bridgehead atoms. The molecule has 0 unspecified atom stereocenters. The van der Waals surface area contributed by atoms with Crippen molar-refractivity contribution in [2.24, 2.45) is 0 Å². The molecule has 0 aliphatic heterocycles. The van der Waals surface area contributed by atoms with E-state index in [0.717, 1.165) is 0 Å². The van der Waals surface area contributed by atoms with Crippen LogP contribution in [0.25, 0.3) is 0 Å². The second-order valence-corrected chi connectivity index (χ2v) is 6.56. The van der Waals surface area contributed by atoms with Gasteiger partial charge in [-0.2, -0.15) is 0 Å². The maximum Gasteiger partial charge on any atom is 0.250 e. The van der Waals surface area contributed by atoms with Gasteiger partial charge in [0.05, 0.1) is 0 Å². The van der Waals surface area contributed by atoms with E-state index < -0.39 is 3.79 Å². The molecule has 0 radical (unpaired) electrons. The fourth-order valence-electron chi connectivity index (χ4n) is 0.944. The van der Waals surface area contributed by atoms with Crippen LogP contribution in [-0.4, -0.2) is 15.0 Å². The number of alkyl halides is 3. The highest BCUT2D eigenvalue weighted by Gasteiger charge is 2.29. The zero-order chi connectivity index (χ0) is 11.9. The minimum absolute atomic E-state index is 0.171. The lowest BCUT2D eigenvalue weighted by molar-refractivity contribution is 0.532. The number of nitrogens with zero attached hydrogens (tertiary/aromatic N) is 3. The summed E-state index contributed by atoms with van der Waals surface area (Å²) in [7, 11) is 0. The Balaban J connectivity index is 3.30. The summed E-state index contributed by atoms with van der Waals surface area (Å²) in [4.78, 5) is 12.4. The molecule has 0 spiro atoms. The number of hydrogen-bond acceptors (Lipinski definition) is 3. The standard InChI is InChI=1S/C9H12Cl3N3/c1-5-13-6(8(2,3)4)15-7(14-5)9(10,11)12/h1-4H3. The van der Waals surface area contributed by atoms with Crippen molar-refractivity contribution in [2.75, 3.05) is 0 Å². The van der Waals surface area contributed by atoms with Gasteiger partial charge in [0.15, 0.2) is 5.82 Å². The molecule has 84 valence electrons. The maximum atomic E-state index is 5.73. The fourth-order valence-corrected chi connectivity index (χ4v) is 1.20. The Morgan fingerprint density at radius 3 is 1.73 bits per heavy atom. The van der Waals surface area contributed by atoms with E-state index in [1.165, 1.54) is 0 Å². The van der Waals surface area contributed by atoms with Gasteiger partial charge in [0.1, 0.15) is 11.6 Å². The van der Waals surface area contributed by atoms with Crippen LogP contribution in [0.2, 0.25) is 0 Å². The van der Waals surface area contributed by atoms with Crippen molar-refractivity contribution in [1.82, 2.24) is 15.0 Å². The van der Waals surface area contributed by atoms with E-state index in [-0.39, 0.29) is 11.2 Å². The Bertz CT molecular complexity index is 334. The largest absolute Gasteiger partial charge is 0.250 e. The summed E-state index contributed by atoms with van der Waals surface area (Å²) < 4.78 is -1.60. The van der Waals surface area contributed by atoms with Gasteiger partial charge in [0, 0.05) is 5.41 Å². The highest BCUT2D eigenvalue weighted by Crippen LogP contribution is 2.36. The lowest BCUT2D eigenvalue weighted by Gasteiger charge is -2.19. The molecule has 0 aliphatic carbocycles. The smallest absolute Gasteiger partial charge is 0.218 e. The lowest BCUT2D eigenvalue weighted by atomic mass is 9.96. The van der Waals surface area contributed by atoms with Crippen LogP contribution in [0.15, 0.2) is 0 Å². The first-order valence-electron chi connectivity index (χ1n) is 4.41. The minimum atomic E-state index is -1.60. The van der Waals surface area contributed by atoms with E-state index in [9.17, 15) is 0 Å². The number of rotatable bonds is 0. The van der Waals surface area contributed by atoms with Crippen molar-refractivity contribution in [1.29, 1.82) is 0 Å². The molecule has 0 aromatic carbocycles. The number of aromatic nitrogens is 3. The SMILES string of the molecule is Cc1nc(C(C)(C)C)nc(C(Cl)(Cl)Cl)n1. The Kier molecular flexibility index (Phi) is 3.49. The first-order chi connectivity index (χ1) is 6.60. The minimum Gasteiger partial charge on any atom is -0.218 e. The first-order valence-corrected chi connectivity index (χ1v) is 5.54. The maximum absolute atomic E-state index is 5.73. The summed E-state index contributed by atoms with van der Waals surface area (Å²) in [5, 5.41) is 0. The Morgan fingerprint density at radius 1 is 0.867 bits per heavy atom. The van der Waals surface area contributed by atoms with Crippen LogP contribution in [0, 0.1) is 6.92 Å². The van der Waals surface area contributed by atoms with Crippen molar-refractivity contribution in [3.63, 3.8) is 0 Å². The quantitative estimate of drug-likeness (QED) is 0.678. The molecule has 1 rings (SSSR count). The number of aryl methyl sites for hydroxylation is 1. The predicted octanol–water partition coefficient (Wildman–Crippen LogP) is 3.30. The van der Waals surface area contributed by atoms with E-state index >= 15 is 0 Å². The normalized spacial score (nSPS) is 13.0. The molecule has 0 atom stereocenters. The molecular formula is C9H12Cl3N3. The third kappa shape index (κ3) is 3.44. The molecule has 0 N–H and O–H groups in total. The summed E-state index contributed by atoms with van der Waals surface area (Å²) in [5.74, 6) is 1.34. The van der Waals surface area contributed by atoms with Crippen LogP contribution in [0.5, 0.6) is 0 Å². The van der Waals surface area contributed by atoms with Crippen molar-refractivity contribution >= 4 is 34.8 Å². The molecule has 0 saturated heterocycles. The van der Waals surface area contributed by atoms with Gasteiger partial charge < -0.3 is 0 Å². The highest BCUT2D eigenvalue weighted by atomic mass is 35.6. The molecule has 1 heterocycles. The molecule has 15 heavy (non-hydrogen) atoms. The molecule has 0 aliphatic rings. The molecule has 0 saturated carbocycles. The monoisotopic (exact) mass is 267 g/mol. The molecule has 6 heteroatoms. The number of halogens is 3. The van der Waals surface area contributed by atoms with Gasteiger partial charge >= 0.3 is 0 Å². The first kappa shape index (κ1) is 12.9. The Labute approximate surface area is 104 Å². The summed E-state index contributed by atoms with van der Waals surface area (Å²) in [5.41, 5.74) is -0.196. The van der Waals surface area contributed by atoms with Crippen molar-refractivity contribution < 1.29 is 0 Å². The predicted molar refractivity (Wildman–Crippen MR) is 62.5 cm³/mol. The van der Waals surface area contributed by atoms with Crippen molar-refractivity contribution in [3.05, 3.63) is 17.5 Å². The van der Waals surface area contributed by atoms with E-state index in [0.29, 0.717) is 11.6 Å². The van der Waals surface area contributed by atoms with Crippen LogP contribution in [0.4, 0.5) is 0 Å². The van der Waals surface area contributed by atoms with Crippen LogP contribution in [-0.2, 0) is 9.21 Å². The van der Waals surface area contributed by atoms with Gasteiger partial charge in [-0.3, -0.25) is 0 Å². The number of hydrogen-bond donors (Lipinski definition) is 0. The average Bonchev–Trinajstić information content (AvgIpc) is 1.99. The van der Waals surface area contributed by atoms with Crippen LogP contribution in [0.3, 0.4) is 0 Å². The zero-order valence-corrected chi connectivity index (χ0v) is 11.2. The van der Waals surface area contributed by atoms with Crippen LogP contribution in [0.1, 0.15) is 38.2 Å². The third-order valence-electron chi connectivity index (χ3n) is 1.67. The van der Waals surface area contributed by atoms with Crippen LogP contribution < -0.4 is 0 Å². The van der Waals surface area contributed by atoms with E-state index in [4.69, 9.17) is 34.8 Å². The van der Waals surface area contributed by atoms with Crippen molar-refractivity contribution in [2.45, 2.75) is 36.9 Å². The van der Waals surface area contributed by atoms with E-state index in [1.54, 1.807) is 6.92 Å². The summed E-state index contributed by atoms with van der Waals surface area (Å²) in [6.45, 7) is 7.72. The molecule has 1 aromatic heterocycles. The van der Waals surface area contributed by atoms with Crippen LogP contribution >= 0.6 is 34.8 Å². The van der Waals surface area contributed by atoms with Crippen molar-refractivity contribution in [3.8, 4) is 0 Å². The molecule has 0 fully saturated rings. The van der Waals surface area contributed by atoms with E-state index in [1.807, 2.05) is 20.8 Å². The average molecular weight is 269 g/mol. The van der Waals surface area contributed by atoms with Gasteiger partial charge in [-0.15, -0.1) is 0 Å². The lowest BCUT2D eigenvalue weighted by Crippen LogP contribution is -2.21. The summed E-state index contributed by atoms with van der Waals surface area (Å²) in [6.07, 6.45) is 0. The highest BCUT2D eigenvalue weighted by molar-refractivity contribution is 6.66. The third-order valence-corrected chi connectivity index (χ3v) is 2.18. The summed E-state index contributed by atoms with van der Waals surface area (Å²) >= 11 is 17.2. The topological polar surface area (TPSA) is 38.7 Å². The summed E-state index contributed by atoms with van der Waals surface area (Å²) in [6, 6.07) is 0. The molecule has 0 amide bonds.